The number of hydrogen-bond acceptors (Lipinski definition) is 3. The van der Waals surface area contributed by atoms with Crippen LogP contribution in [-0.2, 0) is 6.18 Å². The molecule has 0 aliphatic carbocycles. The van der Waals surface area contributed by atoms with E-state index in [0.29, 0.717) is 18.9 Å². The number of aliphatic imine (C=N–C) groups is 1. The van der Waals surface area contributed by atoms with Gasteiger partial charge in [-0.3, -0.25) is 4.99 Å². The van der Waals surface area contributed by atoms with E-state index in [0.717, 1.165) is 6.07 Å². The van der Waals surface area contributed by atoms with Crippen molar-refractivity contribution in [2.24, 2.45) is 4.99 Å². The van der Waals surface area contributed by atoms with Crippen LogP contribution < -0.4 is 10.1 Å². The van der Waals surface area contributed by atoms with Crippen LogP contribution in [0.5, 0.6) is 5.75 Å². The van der Waals surface area contributed by atoms with Gasteiger partial charge in [-0.2, -0.15) is 13.2 Å². The molecule has 0 fully saturated rings. The Morgan fingerprint density at radius 2 is 2.00 bits per heavy atom. The summed E-state index contributed by atoms with van der Waals surface area (Å²) in [4.78, 5) is 4.04. The Bertz CT molecular complexity index is 435. The molecule has 1 aliphatic heterocycles. The summed E-state index contributed by atoms with van der Waals surface area (Å²) in [6.45, 7) is 1.38. The average Bonchev–Trinajstić information content (AvgIpc) is 2.78. The maximum atomic E-state index is 12.6. The molecule has 0 aromatic heterocycles. The minimum atomic E-state index is -4.40. The van der Waals surface area contributed by atoms with Crippen molar-refractivity contribution in [3.8, 4) is 5.75 Å². The molecule has 3 nitrogen and oxygen atoms in total. The van der Waals surface area contributed by atoms with Gasteiger partial charge in [0.25, 0.3) is 0 Å². The molecule has 0 saturated carbocycles. The third-order valence-electron chi connectivity index (χ3n) is 2.30. The fraction of sp³-hybridized carbons (Fsp3) is 0.364. The molecule has 100 valence electrons. The van der Waals surface area contributed by atoms with E-state index in [-0.39, 0.29) is 29.3 Å². The van der Waals surface area contributed by atoms with E-state index in [1.165, 1.54) is 18.2 Å². The molecule has 2 rings (SSSR count). The third-order valence-corrected chi connectivity index (χ3v) is 2.30. The van der Waals surface area contributed by atoms with Crippen molar-refractivity contribution >= 4 is 22.8 Å². The number of benzene rings is 1. The van der Waals surface area contributed by atoms with E-state index in [4.69, 9.17) is 4.74 Å². The molecule has 1 aromatic carbocycles. The Morgan fingerprint density at radius 1 is 1.28 bits per heavy atom. The maximum Gasteiger partial charge on any atom is 0.419 e. The molecule has 7 heteroatoms. The molecule has 0 amide bonds. The lowest BCUT2D eigenvalue weighted by Gasteiger charge is -2.13. The van der Waals surface area contributed by atoms with E-state index >= 15 is 0 Å². The van der Waals surface area contributed by atoms with Gasteiger partial charge in [-0.25, -0.2) is 0 Å². The van der Waals surface area contributed by atoms with Crippen molar-refractivity contribution in [3.63, 3.8) is 0 Å². The lowest BCUT2D eigenvalue weighted by atomic mass is 10.2. The summed E-state index contributed by atoms with van der Waals surface area (Å²) < 4.78 is 43.0. The molecule has 0 atom stereocenters. The number of nitrogens with one attached hydrogen (secondary N) is 1. The quantitative estimate of drug-likeness (QED) is 0.927. The van der Waals surface area contributed by atoms with E-state index < -0.39 is 11.7 Å². The maximum absolute atomic E-state index is 12.6. The highest BCUT2D eigenvalue weighted by atomic mass is 79.9. The summed E-state index contributed by atoms with van der Waals surface area (Å²) in [7, 11) is 0. The SMILES string of the molecule is Br.FC(F)(F)c1ccccc1OCC1=NCCN1. The molecule has 0 bridgehead atoms. The minimum absolute atomic E-state index is 0. The predicted molar refractivity (Wildman–Crippen MR) is 67.6 cm³/mol. The van der Waals surface area contributed by atoms with Crippen molar-refractivity contribution in [2.75, 3.05) is 19.7 Å². The van der Waals surface area contributed by atoms with Crippen molar-refractivity contribution < 1.29 is 17.9 Å². The first-order valence-electron chi connectivity index (χ1n) is 5.13. The van der Waals surface area contributed by atoms with Crippen molar-refractivity contribution in [3.05, 3.63) is 29.8 Å². The van der Waals surface area contributed by atoms with Crippen LogP contribution in [0.4, 0.5) is 13.2 Å². The van der Waals surface area contributed by atoms with Gasteiger partial charge in [-0.15, -0.1) is 17.0 Å². The summed E-state index contributed by atoms with van der Waals surface area (Å²) >= 11 is 0. The van der Waals surface area contributed by atoms with Crippen LogP contribution in [0.25, 0.3) is 0 Å². The molecule has 0 saturated heterocycles. The second-order valence-corrected chi connectivity index (χ2v) is 3.54. The summed E-state index contributed by atoms with van der Waals surface area (Å²) in [6, 6.07) is 5.15. The Balaban J connectivity index is 0.00000162. The number of amidine groups is 1. The molecular weight excluding hydrogens is 313 g/mol. The zero-order valence-electron chi connectivity index (χ0n) is 9.33. The van der Waals surface area contributed by atoms with Gasteiger partial charge in [-0.05, 0) is 12.1 Å². The summed E-state index contributed by atoms with van der Waals surface area (Å²) in [6.07, 6.45) is -4.40. The molecule has 18 heavy (non-hydrogen) atoms. The fourth-order valence-electron chi connectivity index (χ4n) is 1.52. The van der Waals surface area contributed by atoms with Gasteiger partial charge in [0.1, 0.15) is 18.2 Å². The minimum Gasteiger partial charge on any atom is -0.485 e. The van der Waals surface area contributed by atoms with Gasteiger partial charge in [0, 0.05) is 6.54 Å². The van der Waals surface area contributed by atoms with E-state index in [9.17, 15) is 13.2 Å². The van der Waals surface area contributed by atoms with Gasteiger partial charge >= 0.3 is 6.18 Å². The number of para-hydroxylation sites is 1. The van der Waals surface area contributed by atoms with Crippen LogP contribution in [0.1, 0.15) is 5.56 Å². The van der Waals surface area contributed by atoms with Crippen molar-refractivity contribution in [2.45, 2.75) is 6.18 Å². The van der Waals surface area contributed by atoms with Gasteiger partial charge in [-0.1, -0.05) is 12.1 Å². The lowest BCUT2D eigenvalue weighted by Crippen LogP contribution is -2.25. The van der Waals surface area contributed by atoms with Gasteiger partial charge in [0.15, 0.2) is 0 Å². The first kappa shape index (κ1) is 14.8. The monoisotopic (exact) mass is 324 g/mol. The smallest absolute Gasteiger partial charge is 0.419 e. The molecule has 1 aromatic rings. The predicted octanol–water partition coefficient (Wildman–Crippen LogP) is 2.66. The first-order valence-corrected chi connectivity index (χ1v) is 5.13. The van der Waals surface area contributed by atoms with Crippen LogP contribution in [-0.4, -0.2) is 25.5 Å². The van der Waals surface area contributed by atoms with Gasteiger partial charge < -0.3 is 10.1 Å². The molecular formula is C11H12BrF3N2O. The van der Waals surface area contributed by atoms with Crippen LogP contribution in [0.15, 0.2) is 29.3 Å². The van der Waals surface area contributed by atoms with Crippen LogP contribution >= 0.6 is 17.0 Å². The number of halogens is 4. The Kier molecular flexibility index (Phi) is 5.01. The largest absolute Gasteiger partial charge is 0.485 e. The zero-order chi connectivity index (χ0) is 12.3. The number of hydrogen-bond donors (Lipinski definition) is 1. The van der Waals surface area contributed by atoms with Crippen LogP contribution in [0.2, 0.25) is 0 Å². The second kappa shape index (κ2) is 6.08. The number of ether oxygens (including phenoxy) is 1. The summed E-state index contributed by atoms with van der Waals surface area (Å²) in [5.74, 6) is 0.415. The number of rotatable bonds is 3. The standard InChI is InChI=1S/C11H11F3N2O.BrH/c12-11(13,14)8-3-1-2-4-9(8)17-7-10-15-5-6-16-10;/h1-4H,5-7H2,(H,15,16);1H. The van der Waals surface area contributed by atoms with E-state index in [1.807, 2.05) is 0 Å². The Hall–Kier alpha value is -1.24. The lowest BCUT2D eigenvalue weighted by molar-refractivity contribution is -0.138. The molecule has 1 heterocycles. The van der Waals surface area contributed by atoms with Crippen molar-refractivity contribution in [1.82, 2.24) is 5.32 Å². The van der Waals surface area contributed by atoms with E-state index in [2.05, 4.69) is 10.3 Å². The topological polar surface area (TPSA) is 33.6 Å². The Morgan fingerprint density at radius 3 is 2.61 bits per heavy atom. The van der Waals surface area contributed by atoms with E-state index in [1.54, 1.807) is 0 Å². The normalized spacial score (nSPS) is 14.5. The molecule has 0 spiro atoms. The number of nitrogens with zero attached hydrogens (tertiary/aromatic N) is 1. The average molecular weight is 325 g/mol. The highest BCUT2D eigenvalue weighted by Crippen LogP contribution is 2.35. The molecule has 1 aliphatic rings. The second-order valence-electron chi connectivity index (χ2n) is 3.54. The molecule has 1 N–H and O–H groups in total. The van der Waals surface area contributed by atoms with Crippen LogP contribution in [0.3, 0.4) is 0 Å². The number of alkyl halides is 3. The third kappa shape index (κ3) is 3.63. The zero-order valence-corrected chi connectivity index (χ0v) is 11.0. The van der Waals surface area contributed by atoms with Crippen molar-refractivity contribution in [1.29, 1.82) is 0 Å². The summed E-state index contributed by atoms with van der Waals surface area (Å²) in [5, 5.41) is 2.93. The fourth-order valence-corrected chi connectivity index (χ4v) is 1.52. The summed E-state index contributed by atoms with van der Waals surface area (Å²) in [5.41, 5.74) is -0.765. The van der Waals surface area contributed by atoms with Gasteiger partial charge in [0.2, 0.25) is 0 Å². The molecule has 0 unspecified atom stereocenters. The van der Waals surface area contributed by atoms with Crippen LogP contribution in [0, 0.1) is 0 Å². The van der Waals surface area contributed by atoms with Gasteiger partial charge in [0.05, 0.1) is 12.1 Å². The first-order chi connectivity index (χ1) is 8.07. The highest BCUT2D eigenvalue weighted by molar-refractivity contribution is 8.93. The molecule has 0 radical (unpaired) electrons. The Labute approximate surface area is 113 Å². The highest BCUT2D eigenvalue weighted by Gasteiger charge is 2.34.